The van der Waals surface area contributed by atoms with Crippen molar-refractivity contribution in [2.24, 2.45) is 5.10 Å². The van der Waals surface area contributed by atoms with E-state index in [1.165, 1.54) is 12.1 Å². The minimum atomic E-state index is -0.427. The molecule has 120 valence electrons. The average Bonchev–Trinajstić information content (AvgIpc) is 3.14. The van der Waals surface area contributed by atoms with E-state index in [4.69, 9.17) is 0 Å². The fourth-order valence-corrected chi connectivity index (χ4v) is 2.24. The van der Waals surface area contributed by atoms with Gasteiger partial charge in [-0.25, -0.2) is 4.98 Å². The van der Waals surface area contributed by atoms with Crippen molar-refractivity contribution >= 4 is 11.9 Å². The minimum Gasteiger partial charge on any atom is -0.311 e. The van der Waals surface area contributed by atoms with Gasteiger partial charge in [-0.05, 0) is 23.3 Å². The zero-order valence-corrected chi connectivity index (χ0v) is 12.7. The number of rotatable bonds is 6. The summed E-state index contributed by atoms with van der Waals surface area (Å²) in [4.78, 5) is 14.3. The van der Waals surface area contributed by atoms with Gasteiger partial charge in [-0.15, -0.1) is 0 Å². The third-order valence-electron chi connectivity index (χ3n) is 3.45. The number of hydrazone groups is 1. The highest BCUT2D eigenvalue weighted by Crippen LogP contribution is 2.15. The van der Waals surface area contributed by atoms with Crippen LogP contribution in [-0.2, 0) is 0 Å². The van der Waals surface area contributed by atoms with Crippen molar-refractivity contribution in [3.8, 4) is 0 Å². The first-order chi connectivity index (χ1) is 11.7. The quantitative estimate of drug-likeness (QED) is 0.430. The van der Waals surface area contributed by atoms with Crippen molar-refractivity contribution in [1.82, 2.24) is 15.0 Å². The van der Waals surface area contributed by atoms with Gasteiger partial charge in [0.2, 0.25) is 0 Å². The molecule has 0 bridgehead atoms. The molecule has 0 spiro atoms. The van der Waals surface area contributed by atoms with Gasteiger partial charge < -0.3 is 4.57 Å². The third kappa shape index (κ3) is 3.64. The van der Waals surface area contributed by atoms with Crippen molar-refractivity contribution in [1.29, 1.82) is 0 Å². The van der Waals surface area contributed by atoms with Crippen LogP contribution in [0.5, 0.6) is 0 Å². The Morgan fingerprint density at radius 2 is 1.92 bits per heavy atom. The number of nitrogens with one attached hydrogen (secondary N) is 1. The molecule has 1 heterocycles. The Kier molecular flexibility index (Phi) is 4.62. The lowest BCUT2D eigenvalue weighted by atomic mass is 10.2. The molecule has 0 saturated carbocycles. The maximum absolute atomic E-state index is 10.7. The summed E-state index contributed by atoms with van der Waals surface area (Å²) in [6.45, 7) is 0. The van der Waals surface area contributed by atoms with E-state index in [1.807, 2.05) is 41.1 Å². The van der Waals surface area contributed by atoms with Crippen LogP contribution >= 0.6 is 0 Å². The number of hydrogen-bond donors (Lipinski definition) is 1. The second-order valence-corrected chi connectivity index (χ2v) is 5.06. The molecule has 7 heteroatoms. The zero-order chi connectivity index (χ0) is 16.8. The lowest BCUT2D eigenvalue weighted by molar-refractivity contribution is -0.384. The second kappa shape index (κ2) is 7.19. The van der Waals surface area contributed by atoms with Crippen LogP contribution in [-0.4, -0.2) is 20.7 Å². The van der Waals surface area contributed by atoms with E-state index in [2.05, 4.69) is 15.5 Å². The summed E-state index contributed by atoms with van der Waals surface area (Å²) in [5.74, 6) is 0. The number of hydrogen-bond acceptors (Lipinski definition) is 5. The average molecular weight is 321 g/mol. The number of benzene rings is 2. The normalized spacial score (nSPS) is 12.2. The van der Waals surface area contributed by atoms with Gasteiger partial charge >= 0.3 is 0 Å². The first-order valence-corrected chi connectivity index (χ1v) is 7.29. The Hall–Kier alpha value is -3.48. The molecule has 24 heavy (non-hydrogen) atoms. The van der Waals surface area contributed by atoms with E-state index < -0.39 is 4.92 Å². The van der Waals surface area contributed by atoms with Crippen molar-refractivity contribution in [2.75, 3.05) is 0 Å². The van der Waals surface area contributed by atoms with Gasteiger partial charge in [0.15, 0.2) is 0 Å². The largest absolute Gasteiger partial charge is 0.311 e. The topological polar surface area (TPSA) is 85.4 Å². The molecule has 1 atom stereocenters. The Labute approximate surface area is 138 Å². The maximum atomic E-state index is 10.7. The summed E-state index contributed by atoms with van der Waals surface area (Å²) in [7, 11) is 0. The zero-order valence-electron chi connectivity index (χ0n) is 12.7. The molecular formula is C17H15N5O2. The summed E-state index contributed by atoms with van der Waals surface area (Å²) in [5.41, 5.74) is 4.95. The van der Waals surface area contributed by atoms with Crippen molar-refractivity contribution in [3.05, 3.63) is 94.6 Å². The monoisotopic (exact) mass is 321 g/mol. The summed E-state index contributed by atoms with van der Waals surface area (Å²) >= 11 is 0. The number of nitro benzene ring substituents is 1. The van der Waals surface area contributed by atoms with Crippen LogP contribution in [0, 0.1) is 10.1 Å². The first-order valence-electron chi connectivity index (χ1n) is 7.29. The molecule has 7 nitrogen and oxygen atoms in total. The van der Waals surface area contributed by atoms with Gasteiger partial charge in [-0.1, -0.05) is 30.3 Å². The summed E-state index contributed by atoms with van der Waals surface area (Å²) in [6.07, 6.45) is 6.70. The molecular weight excluding hydrogens is 306 g/mol. The molecule has 0 saturated heterocycles. The lowest BCUT2D eigenvalue weighted by Gasteiger charge is -2.18. The van der Waals surface area contributed by atoms with Crippen LogP contribution in [0.3, 0.4) is 0 Å². The number of nitrogens with zero attached hydrogens (tertiary/aromatic N) is 4. The Balaban J connectivity index is 1.75. The molecule has 2 aromatic carbocycles. The van der Waals surface area contributed by atoms with E-state index in [1.54, 1.807) is 30.9 Å². The van der Waals surface area contributed by atoms with Gasteiger partial charge in [0.05, 0.1) is 17.5 Å². The molecule has 0 radical (unpaired) electrons. The van der Waals surface area contributed by atoms with E-state index in [-0.39, 0.29) is 11.9 Å². The standard InChI is InChI=1S/C17H15N5O2/c23-22(24)16-8-6-14(7-9-16)12-19-20-17(21-11-10-18-13-21)15-4-2-1-3-5-15/h1-13,17,20H. The Morgan fingerprint density at radius 1 is 1.17 bits per heavy atom. The second-order valence-electron chi connectivity index (χ2n) is 5.06. The van der Waals surface area contributed by atoms with Crippen LogP contribution in [0.1, 0.15) is 17.3 Å². The Bertz CT molecular complexity index is 814. The molecule has 1 aromatic heterocycles. The fourth-order valence-electron chi connectivity index (χ4n) is 2.24. The Morgan fingerprint density at radius 3 is 2.54 bits per heavy atom. The van der Waals surface area contributed by atoms with Crippen molar-refractivity contribution in [2.45, 2.75) is 6.17 Å². The van der Waals surface area contributed by atoms with Crippen LogP contribution in [0.15, 0.2) is 78.4 Å². The SMILES string of the molecule is O=[N+]([O-])c1ccc(C=NNC(c2ccccc2)n2ccnc2)cc1. The van der Waals surface area contributed by atoms with Gasteiger partial charge in [0, 0.05) is 24.5 Å². The minimum absolute atomic E-state index is 0.0562. The highest BCUT2D eigenvalue weighted by atomic mass is 16.6. The van der Waals surface area contributed by atoms with E-state index in [0.29, 0.717) is 0 Å². The molecule has 0 aliphatic carbocycles. The van der Waals surface area contributed by atoms with E-state index in [9.17, 15) is 10.1 Å². The van der Waals surface area contributed by atoms with E-state index in [0.717, 1.165) is 11.1 Å². The number of aromatic nitrogens is 2. The molecule has 1 unspecified atom stereocenters. The predicted octanol–water partition coefficient (Wildman–Crippen LogP) is 2.96. The van der Waals surface area contributed by atoms with Crippen molar-refractivity contribution < 1.29 is 4.92 Å². The van der Waals surface area contributed by atoms with Gasteiger partial charge in [0.1, 0.15) is 6.17 Å². The molecule has 0 amide bonds. The molecule has 3 rings (SSSR count). The van der Waals surface area contributed by atoms with Gasteiger partial charge in [-0.3, -0.25) is 15.5 Å². The van der Waals surface area contributed by atoms with Crippen LogP contribution < -0.4 is 5.43 Å². The highest BCUT2D eigenvalue weighted by Gasteiger charge is 2.11. The fraction of sp³-hybridized carbons (Fsp3) is 0.0588. The van der Waals surface area contributed by atoms with Crippen LogP contribution in [0.4, 0.5) is 5.69 Å². The first kappa shape index (κ1) is 15.4. The number of non-ortho nitro benzene ring substituents is 1. The lowest BCUT2D eigenvalue weighted by Crippen LogP contribution is -2.22. The molecule has 0 fully saturated rings. The number of nitro groups is 1. The third-order valence-corrected chi connectivity index (χ3v) is 3.45. The maximum Gasteiger partial charge on any atom is 0.269 e. The summed E-state index contributed by atoms with van der Waals surface area (Å²) in [6, 6.07) is 16.1. The predicted molar refractivity (Wildman–Crippen MR) is 90.6 cm³/mol. The summed E-state index contributed by atoms with van der Waals surface area (Å²) < 4.78 is 1.91. The molecule has 3 aromatic rings. The summed E-state index contributed by atoms with van der Waals surface area (Å²) in [5, 5.41) is 14.9. The van der Waals surface area contributed by atoms with Crippen LogP contribution in [0.25, 0.3) is 0 Å². The molecule has 0 aliphatic rings. The smallest absolute Gasteiger partial charge is 0.269 e. The van der Waals surface area contributed by atoms with Crippen molar-refractivity contribution in [3.63, 3.8) is 0 Å². The van der Waals surface area contributed by atoms with Gasteiger partial charge in [0.25, 0.3) is 5.69 Å². The van der Waals surface area contributed by atoms with Gasteiger partial charge in [-0.2, -0.15) is 5.10 Å². The van der Waals surface area contributed by atoms with Crippen LogP contribution in [0.2, 0.25) is 0 Å². The molecule has 1 N–H and O–H groups in total. The number of imidazole rings is 1. The molecule has 0 aliphatic heterocycles. The highest BCUT2D eigenvalue weighted by molar-refractivity contribution is 5.79. The van der Waals surface area contributed by atoms with E-state index >= 15 is 0 Å².